The predicted octanol–water partition coefficient (Wildman–Crippen LogP) is 11.8. The van der Waals surface area contributed by atoms with E-state index in [1.807, 2.05) is 48.2 Å². The van der Waals surface area contributed by atoms with Crippen molar-refractivity contribution in [1.82, 2.24) is 15.0 Å². The largest absolute Gasteiger partial charge is 0.456 e. The van der Waals surface area contributed by atoms with E-state index < -0.39 is 0 Å². The number of allylic oxidation sites excluding steroid dienone is 3. The topological polar surface area (TPSA) is 51.8 Å². The third kappa shape index (κ3) is 4.97. The van der Waals surface area contributed by atoms with Gasteiger partial charge in [0.1, 0.15) is 11.2 Å². The Morgan fingerprint density at radius 1 is 0.480 bits per heavy atom. The summed E-state index contributed by atoms with van der Waals surface area (Å²) in [4.78, 5) is 16.7. The van der Waals surface area contributed by atoms with Gasteiger partial charge in [0.05, 0.1) is 0 Å². The van der Waals surface area contributed by atoms with Crippen LogP contribution in [0.3, 0.4) is 0 Å². The van der Waals surface area contributed by atoms with Crippen molar-refractivity contribution in [2.24, 2.45) is 0 Å². The second-order valence-electron chi connectivity index (χ2n) is 12.7. The van der Waals surface area contributed by atoms with E-state index in [0.29, 0.717) is 28.6 Å². The van der Waals surface area contributed by atoms with E-state index >= 15 is 0 Å². The molecule has 1 aliphatic carbocycles. The zero-order valence-electron chi connectivity index (χ0n) is 26.9. The summed E-state index contributed by atoms with van der Waals surface area (Å²) in [5.74, 6) is 2.26. The number of benzene rings is 6. The first-order valence-corrected chi connectivity index (χ1v) is 17.7. The average Bonchev–Trinajstić information content (AvgIpc) is 3.76. The summed E-state index contributed by atoms with van der Waals surface area (Å²) in [6.45, 7) is 0. The van der Waals surface area contributed by atoms with Crippen LogP contribution in [0.4, 0.5) is 0 Å². The van der Waals surface area contributed by atoms with Gasteiger partial charge in [-0.2, -0.15) is 0 Å². The summed E-state index contributed by atoms with van der Waals surface area (Å²) in [6.07, 6.45) is 8.90. The zero-order chi connectivity index (χ0) is 33.0. The van der Waals surface area contributed by atoms with Crippen molar-refractivity contribution in [3.8, 4) is 56.4 Å². The van der Waals surface area contributed by atoms with Crippen molar-refractivity contribution in [2.45, 2.75) is 16.1 Å². The summed E-state index contributed by atoms with van der Waals surface area (Å²) in [5.41, 5.74) is 10.4. The van der Waals surface area contributed by atoms with Crippen molar-refractivity contribution in [2.75, 3.05) is 0 Å². The molecule has 50 heavy (non-hydrogen) atoms. The molecule has 236 valence electrons. The fraction of sp³-hybridized carbons (Fsp3) is 0.0444. The molecule has 0 saturated heterocycles. The van der Waals surface area contributed by atoms with Crippen LogP contribution in [0.15, 0.2) is 173 Å². The van der Waals surface area contributed by atoms with Gasteiger partial charge in [-0.1, -0.05) is 127 Å². The van der Waals surface area contributed by atoms with Gasteiger partial charge in [0.15, 0.2) is 17.5 Å². The maximum Gasteiger partial charge on any atom is 0.164 e. The van der Waals surface area contributed by atoms with Crippen LogP contribution in [0.5, 0.6) is 0 Å². The van der Waals surface area contributed by atoms with Gasteiger partial charge in [0, 0.05) is 43.5 Å². The lowest BCUT2D eigenvalue weighted by Crippen LogP contribution is -2.07. The summed E-state index contributed by atoms with van der Waals surface area (Å²) >= 11 is 1.92. The Labute approximate surface area is 293 Å². The Balaban J connectivity index is 1.14. The van der Waals surface area contributed by atoms with E-state index in [2.05, 4.69) is 127 Å². The normalized spacial score (nSPS) is 16.2. The number of rotatable bonds is 5. The Kier molecular flexibility index (Phi) is 6.84. The SMILES string of the molecule is C1=CC2Sc3ccc(-c4nc(-c5ccccc5)nc(-c5cccc6oc7ccc(-c8cccc(-c9ccccc9)c8)cc7c56)n4)cc3C2C=C1. The lowest BCUT2D eigenvalue weighted by molar-refractivity contribution is 0.669. The number of aromatic nitrogens is 3. The highest BCUT2D eigenvalue weighted by Crippen LogP contribution is 2.49. The molecule has 5 heteroatoms. The smallest absolute Gasteiger partial charge is 0.164 e. The molecular formula is C45H29N3OS. The van der Waals surface area contributed by atoms with Gasteiger partial charge in [-0.15, -0.1) is 11.8 Å². The van der Waals surface area contributed by atoms with E-state index in [-0.39, 0.29) is 0 Å². The lowest BCUT2D eigenvalue weighted by atomic mass is 9.91. The van der Waals surface area contributed by atoms with Gasteiger partial charge in [0.25, 0.3) is 0 Å². The van der Waals surface area contributed by atoms with Crippen LogP contribution < -0.4 is 0 Å². The molecule has 0 fully saturated rings. The Morgan fingerprint density at radius 3 is 1.98 bits per heavy atom. The van der Waals surface area contributed by atoms with Gasteiger partial charge in [-0.05, 0) is 64.2 Å². The molecule has 0 amide bonds. The summed E-state index contributed by atoms with van der Waals surface area (Å²) in [7, 11) is 0. The van der Waals surface area contributed by atoms with Crippen LogP contribution in [0, 0.1) is 0 Å². The van der Waals surface area contributed by atoms with Crippen LogP contribution in [0.25, 0.3) is 78.4 Å². The van der Waals surface area contributed by atoms with Crippen LogP contribution in [-0.4, -0.2) is 20.2 Å². The van der Waals surface area contributed by atoms with Gasteiger partial charge >= 0.3 is 0 Å². The molecule has 0 saturated carbocycles. The number of nitrogens with zero attached hydrogens (tertiary/aromatic N) is 3. The number of hydrogen-bond donors (Lipinski definition) is 0. The monoisotopic (exact) mass is 659 g/mol. The zero-order valence-corrected chi connectivity index (χ0v) is 27.7. The third-order valence-corrected chi connectivity index (χ3v) is 11.0. The quantitative estimate of drug-likeness (QED) is 0.184. The molecule has 2 aromatic heterocycles. The Morgan fingerprint density at radius 2 is 1.14 bits per heavy atom. The molecule has 0 spiro atoms. The molecule has 3 heterocycles. The maximum atomic E-state index is 6.44. The standard InChI is InChI=1S/C45H29N3OS/c1-3-11-28(12-4-1)30-15-9-16-31(25-30)32-21-23-38-37(26-32)42-35(18-10-19-39(42)49-38)45-47-43(29-13-5-2-6-14-29)46-44(48-45)33-22-24-41-36(27-33)34-17-7-8-20-40(34)50-41/h1-27,34,40H. The van der Waals surface area contributed by atoms with Gasteiger partial charge in [0.2, 0.25) is 0 Å². The van der Waals surface area contributed by atoms with Gasteiger partial charge < -0.3 is 4.42 Å². The van der Waals surface area contributed by atoms with Crippen LogP contribution in [0.2, 0.25) is 0 Å². The van der Waals surface area contributed by atoms with Crippen molar-refractivity contribution >= 4 is 33.7 Å². The summed E-state index contributed by atoms with van der Waals surface area (Å²) < 4.78 is 6.44. The van der Waals surface area contributed by atoms with E-state index in [0.717, 1.165) is 49.8 Å². The van der Waals surface area contributed by atoms with Crippen LogP contribution in [-0.2, 0) is 0 Å². The minimum absolute atomic E-state index is 0.350. The molecule has 2 aliphatic rings. The average molecular weight is 660 g/mol. The fourth-order valence-corrected chi connectivity index (χ4v) is 8.55. The van der Waals surface area contributed by atoms with E-state index in [9.17, 15) is 0 Å². The molecule has 4 nitrogen and oxygen atoms in total. The Bertz CT molecular complexity index is 2640. The molecule has 6 aromatic carbocycles. The second-order valence-corrected chi connectivity index (χ2v) is 14.0. The van der Waals surface area contributed by atoms with E-state index in [4.69, 9.17) is 19.4 Å². The highest BCUT2D eigenvalue weighted by molar-refractivity contribution is 8.00. The molecule has 1 aliphatic heterocycles. The molecule has 0 radical (unpaired) electrons. The highest BCUT2D eigenvalue weighted by atomic mass is 32.2. The van der Waals surface area contributed by atoms with Gasteiger partial charge in [-0.3, -0.25) is 0 Å². The molecular weight excluding hydrogens is 631 g/mol. The number of hydrogen-bond acceptors (Lipinski definition) is 5. The number of thioether (sulfide) groups is 1. The lowest BCUT2D eigenvalue weighted by Gasteiger charge is -2.15. The van der Waals surface area contributed by atoms with Crippen molar-refractivity contribution in [3.05, 3.63) is 169 Å². The van der Waals surface area contributed by atoms with E-state index in [1.165, 1.54) is 21.6 Å². The molecule has 2 unspecified atom stereocenters. The van der Waals surface area contributed by atoms with Gasteiger partial charge in [-0.25, -0.2) is 15.0 Å². The van der Waals surface area contributed by atoms with E-state index in [1.54, 1.807) is 0 Å². The number of fused-ring (bicyclic) bond motifs is 6. The third-order valence-electron chi connectivity index (χ3n) is 9.68. The Hall–Kier alpha value is -6.04. The van der Waals surface area contributed by atoms with Crippen molar-refractivity contribution in [3.63, 3.8) is 0 Å². The first-order chi connectivity index (χ1) is 24.7. The first-order valence-electron chi connectivity index (χ1n) is 16.8. The minimum Gasteiger partial charge on any atom is -0.456 e. The molecule has 2 atom stereocenters. The molecule has 0 bridgehead atoms. The van der Waals surface area contributed by atoms with Crippen molar-refractivity contribution in [1.29, 1.82) is 0 Å². The van der Waals surface area contributed by atoms with Crippen LogP contribution >= 0.6 is 11.8 Å². The highest BCUT2D eigenvalue weighted by Gasteiger charge is 2.31. The minimum atomic E-state index is 0.350. The number of furan rings is 1. The summed E-state index contributed by atoms with van der Waals surface area (Å²) in [5, 5.41) is 2.45. The first kappa shape index (κ1) is 28.9. The summed E-state index contributed by atoms with van der Waals surface area (Å²) in [6, 6.07) is 48.6. The second kappa shape index (κ2) is 11.8. The van der Waals surface area contributed by atoms with Crippen molar-refractivity contribution < 1.29 is 4.42 Å². The molecule has 8 aromatic rings. The fourth-order valence-electron chi connectivity index (χ4n) is 7.23. The molecule has 10 rings (SSSR count). The molecule has 0 N–H and O–H groups in total. The predicted molar refractivity (Wildman–Crippen MR) is 205 cm³/mol. The maximum absolute atomic E-state index is 6.44. The van der Waals surface area contributed by atoms with Crippen LogP contribution in [0.1, 0.15) is 11.5 Å².